The van der Waals surface area contributed by atoms with E-state index in [4.69, 9.17) is 14.2 Å². The number of esters is 3. The minimum Gasteiger partial charge on any atom is -0.462 e. The summed E-state index contributed by atoms with van der Waals surface area (Å²) in [7, 11) is 0. The molecule has 0 saturated carbocycles. The van der Waals surface area contributed by atoms with Gasteiger partial charge in [0.1, 0.15) is 13.2 Å². The van der Waals surface area contributed by atoms with E-state index in [1.54, 1.807) is 0 Å². The Morgan fingerprint density at radius 3 is 0.847 bits per heavy atom. The maximum Gasteiger partial charge on any atom is 0.306 e. The van der Waals surface area contributed by atoms with Gasteiger partial charge in [0.05, 0.1) is 0 Å². The number of carbonyl (C=O) groups is 3. The fourth-order valence-electron chi connectivity index (χ4n) is 8.34. The second-order valence-electron chi connectivity index (χ2n) is 19.9. The zero-order valence-electron chi connectivity index (χ0n) is 47.2. The van der Waals surface area contributed by atoms with Crippen LogP contribution in [0, 0.1) is 0 Å². The van der Waals surface area contributed by atoms with Crippen LogP contribution in [0.15, 0.2) is 97.2 Å². The SMILES string of the molecule is CC/C=C\C/C=C\C/C=C\C/C=C\C/C=C\C/C=C\C/C=C\C/C=C\CCCCCCCCCCC(=O)OCC(COC(=O)CCCCCCC)OC(=O)CCCCCCCCCCCCCCCCCC. The van der Waals surface area contributed by atoms with Gasteiger partial charge in [-0.05, 0) is 83.5 Å². The van der Waals surface area contributed by atoms with Crippen molar-refractivity contribution in [1.29, 1.82) is 0 Å². The van der Waals surface area contributed by atoms with Gasteiger partial charge in [-0.25, -0.2) is 0 Å². The molecule has 0 saturated heterocycles. The number of hydrogen-bond acceptors (Lipinski definition) is 6. The summed E-state index contributed by atoms with van der Waals surface area (Å²) < 4.78 is 16.7. The van der Waals surface area contributed by atoms with Crippen LogP contribution in [0.25, 0.3) is 0 Å². The zero-order chi connectivity index (χ0) is 52.2. The van der Waals surface area contributed by atoms with Gasteiger partial charge in [0.25, 0.3) is 0 Å². The molecule has 6 nitrogen and oxygen atoms in total. The van der Waals surface area contributed by atoms with Crippen molar-refractivity contribution in [1.82, 2.24) is 0 Å². The Hall–Kier alpha value is -3.67. The van der Waals surface area contributed by atoms with Crippen molar-refractivity contribution in [3.05, 3.63) is 97.2 Å². The van der Waals surface area contributed by atoms with Crippen LogP contribution in [-0.2, 0) is 28.6 Å². The van der Waals surface area contributed by atoms with Crippen LogP contribution in [0.4, 0.5) is 0 Å². The van der Waals surface area contributed by atoms with E-state index in [2.05, 4.69) is 118 Å². The third-order valence-electron chi connectivity index (χ3n) is 12.9. The van der Waals surface area contributed by atoms with Gasteiger partial charge in [-0.1, -0.05) is 279 Å². The lowest BCUT2D eigenvalue weighted by molar-refractivity contribution is -0.167. The quantitative estimate of drug-likeness (QED) is 0.0261. The average molecular weight is 1000 g/mol. The van der Waals surface area contributed by atoms with Crippen LogP contribution in [0.5, 0.6) is 0 Å². The number of unbranched alkanes of at least 4 members (excludes halogenated alkanes) is 27. The van der Waals surface area contributed by atoms with Gasteiger partial charge in [0.15, 0.2) is 6.10 Å². The van der Waals surface area contributed by atoms with E-state index in [1.165, 1.54) is 122 Å². The van der Waals surface area contributed by atoms with E-state index in [-0.39, 0.29) is 31.1 Å². The molecule has 6 heteroatoms. The molecule has 0 aromatic carbocycles. The Balaban J connectivity index is 4.06. The highest BCUT2D eigenvalue weighted by Gasteiger charge is 2.19. The van der Waals surface area contributed by atoms with Gasteiger partial charge in [-0.15, -0.1) is 0 Å². The Morgan fingerprint density at radius 1 is 0.292 bits per heavy atom. The fraction of sp³-hybridized carbons (Fsp3) is 0.712. The third kappa shape index (κ3) is 57.2. The van der Waals surface area contributed by atoms with Gasteiger partial charge >= 0.3 is 17.9 Å². The smallest absolute Gasteiger partial charge is 0.306 e. The molecular formula is C66H112O6. The minimum absolute atomic E-state index is 0.0777. The molecule has 0 aliphatic rings. The molecule has 0 aromatic rings. The average Bonchev–Trinajstić information content (AvgIpc) is 3.38. The lowest BCUT2D eigenvalue weighted by Crippen LogP contribution is -2.30. The molecule has 0 radical (unpaired) electrons. The Bertz CT molecular complexity index is 1430. The van der Waals surface area contributed by atoms with Crippen molar-refractivity contribution in [2.45, 2.75) is 290 Å². The predicted octanol–water partition coefficient (Wildman–Crippen LogP) is 20.5. The van der Waals surface area contributed by atoms with Crippen molar-refractivity contribution in [2.75, 3.05) is 13.2 Å². The lowest BCUT2D eigenvalue weighted by Gasteiger charge is -2.18. The van der Waals surface area contributed by atoms with E-state index in [0.717, 1.165) is 122 Å². The van der Waals surface area contributed by atoms with Crippen LogP contribution in [0.2, 0.25) is 0 Å². The summed E-state index contributed by atoms with van der Waals surface area (Å²) in [5.41, 5.74) is 0. The van der Waals surface area contributed by atoms with Crippen molar-refractivity contribution >= 4 is 17.9 Å². The van der Waals surface area contributed by atoms with Crippen LogP contribution in [-0.4, -0.2) is 37.2 Å². The number of hydrogen-bond donors (Lipinski definition) is 0. The first kappa shape index (κ1) is 68.3. The minimum atomic E-state index is -0.775. The van der Waals surface area contributed by atoms with Crippen molar-refractivity contribution in [3.8, 4) is 0 Å². The highest BCUT2D eigenvalue weighted by molar-refractivity contribution is 5.71. The molecule has 0 aliphatic heterocycles. The number of ether oxygens (including phenoxy) is 3. The summed E-state index contributed by atoms with van der Waals surface area (Å²) in [6.45, 7) is 6.45. The van der Waals surface area contributed by atoms with E-state index in [1.807, 2.05) is 0 Å². The van der Waals surface area contributed by atoms with E-state index < -0.39 is 6.10 Å². The van der Waals surface area contributed by atoms with Gasteiger partial charge in [0, 0.05) is 19.3 Å². The van der Waals surface area contributed by atoms with Crippen molar-refractivity contribution in [2.24, 2.45) is 0 Å². The standard InChI is InChI=1S/C66H112O6/c1-4-7-10-13-15-17-19-21-23-25-26-27-28-29-30-31-32-33-34-35-36-37-38-39-40-41-43-44-46-48-50-53-56-59-65(68)71-62-63(61-70-64(67)58-55-52-12-9-6-3)72-66(69)60-57-54-51-49-47-45-42-24-22-20-18-16-14-11-8-5-2/h7,10,15,17,21,23,26-27,29-30,32-33,35-36,38-39,63H,4-6,8-9,11-14,16,18-20,22,24-25,28,31,34,37,40-62H2,1-3H3/b10-7-,17-15-,23-21-,27-26-,30-29-,33-32-,36-35-,39-38-. The molecule has 0 bridgehead atoms. The molecule has 0 spiro atoms. The summed E-state index contributed by atoms with van der Waals surface area (Å²) in [4.78, 5) is 37.8. The molecule has 0 rings (SSSR count). The van der Waals surface area contributed by atoms with E-state index in [9.17, 15) is 14.4 Å². The second kappa shape index (κ2) is 59.9. The highest BCUT2D eigenvalue weighted by atomic mass is 16.6. The van der Waals surface area contributed by atoms with Gasteiger partial charge in [0.2, 0.25) is 0 Å². The zero-order valence-corrected chi connectivity index (χ0v) is 47.2. The normalized spacial score (nSPS) is 12.8. The maximum atomic E-state index is 12.8. The molecule has 72 heavy (non-hydrogen) atoms. The summed E-state index contributed by atoms with van der Waals surface area (Å²) in [6, 6.07) is 0. The molecule has 0 N–H and O–H groups in total. The van der Waals surface area contributed by atoms with E-state index >= 15 is 0 Å². The Morgan fingerprint density at radius 2 is 0.542 bits per heavy atom. The molecule has 0 heterocycles. The molecule has 0 fully saturated rings. The van der Waals surface area contributed by atoms with Crippen LogP contribution in [0.3, 0.4) is 0 Å². The summed E-state index contributed by atoms with van der Waals surface area (Å²) in [6.07, 6.45) is 80.2. The molecule has 0 amide bonds. The van der Waals surface area contributed by atoms with Crippen LogP contribution in [0.1, 0.15) is 284 Å². The topological polar surface area (TPSA) is 78.9 Å². The van der Waals surface area contributed by atoms with Crippen LogP contribution < -0.4 is 0 Å². The summed E-state index contributed by atoms with van der Waals surface area (Å²) in [5.74, 6) is -0.893. The first-order chi connectivity index (χ1) is 35.5. The number of rotatable bonds is 54. The predicted molar refractivity (Wildman–Crippen MR) is 311 cm³/mol. The lowest BCUT2D eigenvalue weighted by atomic mass is 10.0. The first-order valence-electron chi connectivity index (χ1n) is 30.2. The summed E-state index contributed by atoms with van der Waals surface area (Å²) >= 11 is 0. The largest absolute Gasteiger partial charge is 0.462 e. The van der Waals surface area contributed by atoms with E-state index in [0.29, 0.717) is 19.3 Å². The molecule has 1 unspecified atom stereocenters. The third-order valence-corrected chi connectivity index (χ3v) is 12.9. The Kier molecular flexibility index (Phi) is 56.8. The van der Waals surface area contributed by atoms with Gasteiger partial charge in [-0.2, -0.15) is 0 Å². The Labute approximate surface area is 445 Å². The van der Waals surface area contributed by atoms with Crippen molar-refractivity contribution < 1.29 is 28.6 Å². The molecular weight excluding hydrogens is 889 g/mol. The van der Waals surface area contributed by atoms with Crippen LogP contribution >= 0.6 is 0 Å². The van der Waals surface area contributed by atoms with Crippen molar-refractivity contribution in [3.63, 3.8) is 0 Å². The fourth-order valence-corrected chi connectivity index (χ4v) is 8.34. The molecule has 0 aromatic heterocycles. The summed E-state index contributed by atoms with van der Waals surface area (Å²) in [5, 5.41) is 0. The highest BCUT2D eigenvalue weighted by Crippen LogP contribution is 2.16. The van der Waals surface area contributed by atoms with Gasteiger partial charge in [-0.3, -0.25) is 14.4 Å². The second-order valence-corrected chi connectivity index (χ2v) is 19.9. The molecule has 412 valence electrons. The maximum absolute atomic E-state index is 12.8. The molecule has 1 atom stereocenters. The molecule has 0 aliphatic carbocycles. The number of allylic oxidation sites excluding steroid dienone is 16. The first-order valence-corrected chi connectivity index (χ1v) is 30.2. The monoisotopic (exact) mass is 1000 g/mol. The number of carbonyl (C=O) groups excluding carboxylic acids is 3. The van der Waals surface area contributed by atoms with Gasteiger partial charge < -0.3 is 14.2 Å².